The number of carbonyl (C=O) groups excluding carboxylic acids is 1. The van der Waals surface area contributed by atoms with E-state index in [9.17, 15) is 27.5 Å². The van der Waals surface area contributed by atoms with E-state index in [4.69, 9.17) is 5.73 Å². The van der Waals surface area contributed by atoms with Gasteiger partial charge in [-0.15, -0.1) is 0 Å². The lowest BCUT2D eigenvalue weighted by molar-refractivity contribution is -0.140. The van der Waals surface area contributed by atoms with E-state index >= 15 is 0 Å². The van der Waals surface area contributed by atoms with E-state index in [1.54, 1.807) is 0 Å². The van der Waals surface area contributed by atoms with Crippen molar-refractivity contribution in [2.45, 2.75) is 31.0 Å². The van der Waals surface area contributed by atoms with Gasteiger partial charge in [-0.3, -0.25) is 4.79 Å². The zero-order valence-electron chi connectivity index (χ0n) is 12.3. The Labute approximate surface area is 130 Å². The third-order valence-electron chi connectivity index (χ3n) is 4.04. The molecule has 0 unspecified atom stereocenters. The Balaban J connectivity index is 2.18. The average Bonchev–Trinajstić information content (AvgIpc) is 2.44. The second kappa shape index (κ2) is 6.84. The maximum Gasteiger partial charge on any atom is 0.419 e. The molecule has 1 aromatic carbocycles. The minimum atomic E-state index is -4.78. The van der Waals surface area contributed by atoms with Crippen LogP contribution < -0.4 is 5.73 Å². The molecule has 2 rings (SSSR count). The van der Waals surface area contributed by atoms with Crippen LogP contribution >= 0.6 is 0 Å². The number of hydrogen-bond donors (Lipinski definition) is 2. The number of aliphatic hydroxyl groups is 1. The van der Waals surface area contributed by atoms with Crippen molar-refractivity contribution < 1.29 is 27.5 Å². The van der Waals surface area contributed by atoms with Crippen LogP contribution in [0, 0.1) is 5.82 Å². The Morgan fingerprint density at radius 2 is 1.96 bits per heavy atom. The van der Waals surface area contributed by atoms with Crippen molar-refractivity contribution in [2.75, 3.05) is 19.6 Å². The van der Waals surface area contributed by atoms with Gasteiger partial charge < -0.3 is 15.7 Å². The van der Waals surface area contributed by atoms with Gasteiger partial charge in [-0.25, -0.2) is 4.39 Å². The topological polar surface area (TPSA) is 66.6 Å². The van der Waals surface area contributed by atoms with Crippen LogP contribution in [0.2, 0.25) is 0 Å². The van der Waals surface area contributed by atoms with Crippen LogP contribution in [0.25, 0.3) is 0 Å². The zero-order chi connectivity index (χ0) is 17.2. The van der Waals surface area contributed by atoms with Crippen molar-refractivity contribution in [3.05, 3.63) is 35.1 Å². The Morgan fingerprint density at radius 3 is 2.43 bits per heavy atom. The van der Waals surface area contributed by atoms with E-state index in [1.807, 2.05) is 4.90 Å². The van der Waals surface area contributed by atoms with Gasteiger partial charge in [-0.2, -0.15) is 13.2 Å². The summed E-state index contributed by atoms with van der Waals surface area (Å²) in [4.78, 5) is 13.5. The molecule has 1 aliphatic heterocycles. The summed E-state index contributed by atoms with van der Waals surface area (Å²) in [6.45, 7) is 1.29. The van der Waals surface area contributed by atoms with Gasteiger partial charge in [0.05, 0.1) is 17.6 Å². The summed E-state index contributed by atoms with van der Waals surface area (Å²) in [5, 5.41) is 9.46. The standard InChI is InChI=1S/C15H18F4N2O2/c16-13-7-9(1-2-12(13)15(17,18)19)11(14(20)23)8-21-5-3-10(22)4-6-21/h1-2,7,10-11,22H,3-6,8H2,(H2,20,23)/t11-/m0/s1. The minimum Gasteiger partial charge on any atom is -0.393 e. The summed E-state index contributed by atoms with van der Waals surface area (Å²) >= 11 is 0. The van der Waals surface area contributed by atoms with Crippen LogP contribution in [0.15, 0.2) is 18.2 Å². The van der Waals surface area contributed by atoms with Crippen molar-refractivity contribution >= 4 is 5.91 Å². The molecule has 1 aliphatic rings. The molecule has 8 heteroatoms. The van der Waals surface area contributed by atoms with Crippen LogP contribution in [0.3, 0.4) is 0 Å². The number of nitrogens with zero attached hydrogens (tertiary/aromatic N) is 1. The Hall–Kier alpha value is -1.67. The van der Waals surface area contributed by atoms with Crippen LogP contribution in [0.1, 0.15) is 29.9 Å². The summed E-state index contributed by atoms with van der Waals surface area (Å²) in [5.74, 6) is -3.05. The number of halogens is 4. The first-order chi connectivity index (χ1) is 10.7. The molecule has 1 amide bonds. The van der Waals surface area contributed by atoms with Crippen molar-refractivity contribution in [1.82, 2.24) is 4.90 Å². The smallest absolute Gasteiger partial charge is 0.393 e. The van der Waals surface area contributed by atoms with E-state index in [0.717, 1.165) is 12.1 Å². The highest BCUT2D eigenvalue weighted by Crippen LogP contribution is 2.33. The molecule has 0 bridgehead atoms. The first-order valence-corrected chi connectivity index (χ1v) is 7.25. The summed E-state index contributed by atoms with van der Waals surface area (Å²) in [7, 11) is 0. The lowest BCUT2D eigenvalue weighted by Crippen LogP contribution is -2.41. The van der Waals surface area contributed by atoms with Gasteiger partial charge in [0, 0.05) is 19.6 Å². The molecular formula is C15H18F4N2O2. The molecule has 0 aliphatic carbocycles. The number of hydrogen-bond acceptors (Lipinski definition) is 3. The summed E-state index contributed by atoms with van der Waals surface area (Å²) in [5.41, 5.74) is 4.08. The maximum atomic E-state index is 13.7. The van der Waals surface area contributed by atoms with Crippen molar-refractivity contribution in [1.29, 1.82) is 0 Å². The monoisotopic (exact) mass is 334 g/mol. The Morgan fingerprint density at radius 1 is 1.35 bits per heavy atom. The predicted octanol–water partition coefficient (Wildman–Crippen LogP) is 1.87. The molecule has 1 heterocycles. The van der Waals surface area contributed by atoms with Crippen LogP contribution in [-0.4, -0.2) is 41.7 Å². The number of nitrogens with two attached hydrogens (primary N) is 1. The number of aliphatic hydroxyl groups excluding tert-OH is 1. The second-order valence-corrected chi connectivity index (χ2v) is 5.72. The fraction of sp³-hybridized carbons (Fsp3) is 0.533. The maximum absolute atomic E-state index is 13.7. The quantitative estimate of drug-likeness (QED) is 0.826. The van der Waals surface area contributed by atoms with Crippen molar-refractivity contribution in [3.63, 3.8) is 0 Å². The van der Waals surface area contributed by atoms with Gasteiger partial charge in [0.2, 0.25) is 5.91 Å². The van der Waals surface area contributed by atoms with Gasteiger partial charge in [0.25, 0.3) is 0 Å². The molecule has 128 valence electrons. The number of piperidine rings is 1. The first-order valence-electron chi connectivity index (χ1n) is 7.25. The molecule has 0 spiro atoms. The van der Waals surface area contributed by atoms with E-state index in [2.05, 4.69) is 0 Å². The molecule has 0 aromatic heterocycles. The third kappa shape index (κ3) is 4.42. The molecule has 4 nitrogen and oxygen atoms in total. The van der Waals surface area contributed by atoms with Gasteiger partial charge >= 0.3 is 6.18 Å². The van der Waals surface area contributed by atoms with Gasteiger partial charge in [-0.1, -0.05) is 6.07 Å². The normalized spacial score (nSPS) is 18.8. The van der Waals surface area contributed by atoms with Crippen molar-refractivity contribution in [2.24, 2.45) is 5.73 Å². The van der Waals surface area contributed by atoms with Gasteiger partial charge in [-0.05, 0) is 30.5 Å². The fourth-order valence-electron chi connectivity index (χ4n) is 2.70. The number of carbonyl (C=O) groups is 1. The second-order valence-electron chi connectivity index (χ2n) is 5.72. The number of amides is 1. The molecule has 1 atom stereocenters. The largest absolute Gasteiger partial charge is 0.419 e. The SMILES string of the molecule is NC(=O)[C@@H](CN1CCC(O)CC1)c1ccc(C(F)(F)F)c(F)c1. The predicted molar refractivity (Wildman–Crippen MR) is 75.0 cm³/mol. The highest BCUT2D eigenvalue weighted by molar-refractivity contribution is 5.82. The summed E-state index contributed by atoms with van der Waals surface area (Å²) in [6.07, 6.45) is -4.07. The van der Waals surface area contributed by atoms with Crippen LogP contribution in [-0.2, 0) is 11.0 Å². The Kier molecular flexibility index (Phi) is 5.26. The van der Waals surface area contributed by atoms with Crippen molar-refractivity contribution in [3.8, 4) is 0 Å². The number of benzene rings is 1. The zero-order valence-corrected chi connectivity index (χ0v) is 12.3. The third-order valence-corrected chi connectivity index (χ3v) is 4.04. The molecule has 0 radical (unpaired) electrons. The number of likely N-dealkylation sites (tertiary alicyclic amines) is 1. The van der Waals surface area contributed by atoms with E-state index < -0.39 is 29.4 Å². The first kappa shape index (κ1) is 17.7. The summed E-state index contributed by atoms with van der Waals surface area (Å²) in [6, 6.07) is 2.43. The highest BCUT2D eigenvalue weighted by atomic mass is 19.4. The van der Waals surface area contributed by atoms with E-state index in [-0.39, 0.29) is 18.2 Å². The van der Waals surface area contributed by atoms with E-state index in [0.29, 0.717) is 32.0 Å². The summed E-state index contributed by atoms with van der Waals surface area (Å²) < 4.78 is 51.4. The van der Waals surface area contributed by atoms with Crippen LogP contribution in [0.5, 0.6) is 0 Å². The lowest BCUT2D eigenvalue weighted by atomic mass is 9.95. The number of primary amides is 1. The Bertz CT molecular complexity index is 569. The molecule has 3 N–H and O–H groups in total. The highest BCUT2D eigenvalue weighted by Gasteiger charge is 2.35. The molecule has 1 saturated heterocycles. The fourth-order valence-corrected chi connectivity index (χ4v) is 2.70. The average molecular weight is 334 g/mol. The van der Waals surface area contributed by atoms with E-state index in [1.165, 1.54) is 0 Å². The molecule has 0 saturated carbocycles. The molecule has 23 heavy (non-hydrogen) atoms. The minimum absolute atomic E-state index is 0.120. The molecular weight excluding hydrogens is 316 g/mol. The number of rotatable bonds is 4. The van der Waals surface area contributed by atoms with Crippen LogP contribution in [0.4, 0.5) is 17.6 Å². The van der Waals surface area contributed by atoms with Gasteiger partial charge in [0.15, 0.2) is 0 Å². The molecule has 1 fully saturated rings. The lowest BCUT2D eigenvalue weighted by Gasteiger charge is -2.31. The number of alkyl halides is 3. The molecule has 1 aromatic rings. The van der Waals surface area contributed by atoms with Gasteiger partial charge in [0.1, 0.15) is 5.82 Å².